The molecule has 0 bridgehead atoms. The fraction of sp³-hybridized carbons (Fsp3) is 0.238. The Kier molecular flexibility index (Phi) is 13.4. The van der Waals surface area contributed by atoms with Gasteiger partial charge in [0.1, 0.15) is 23.6 Å². The number of benzene rings is 4. The molecule has 0 saturated carbocycles. The van der Waals surface area contributed by atoms with Crippen molar-refractivity contribution in [2.24, 2.45) is 9.98 Å². The van der Waals surface area contributed by atoms with E-state index in [0.29, 0.717) is 11.1 Å². The van der Waals surface area contributed by atoms with Crippen molar-refractivity contribution in [1.82, 2.24) is 0 Å². The number of carbonyl (C=O) groups is 2. The number of Topliss-reactive ketones (excluding diaryl/α,β-unsaturated/α-hetero) is 2. The monoisotopic (exact) mass is 699 g/mol. The molecule has 0 amide bonds. The molecule has 1 unspecified atom stereocenters. The molecule has 0 aliphatic heterocycles. The number of rotatable bonds is 11. The van der Waals surface area contributed by atoms with Gasteiger partial charge in [0.2, 0.25) is 0 Å². The molecule has 2 N–H and O–H groups in total. The number of aliphatic hydroxyl groups excluding tert-OH is 2. The van der Waals surface area contributed by atoms with E-state index in [9.17, 15) is 19.8 Å². The van der Waals surface area contributed by atoms with Gasteiger partial charge in [-0.2, -0.15) is 0 Å². The largest absolute Gasteiger partial charge is 0.512 e. The van der Waals surface area contributed by atoms with Crippen molar-refractivity contribution in [3.63, 3.8) is 0 Å². The van der Waals surface area contributed by atoms with Crippen LogP contribution in [0.15, 0.2) is 118 Å². The Labute approximate surface area is 300 Å². The van der Waals surface area contributed by atoms with Crippen LogP contribution in [-0.4, -0.2) is 34.2 Å². The molecule has 4 rings (SSSR count). The van der Waals surface area contributed by atoms with E-state index in [0.717, 1.165) is 44.5 Å². The van der Waals surface area contributed by atoms with E-state index in [1.807, 2.05) is 126 Å². The second-order valence-electron chi connectivity index (χ2n) is 12.5. The Morgan fingerprint density at radius 2 is 0.837 bits per heavy atom. The first-order valence-electron chi connectivity index (χ1n) is 16.0. The van der Waals surface area contributed by atoms with Gasteiger partial charge in [-0.25, -0.2) is 0 Å². The summed E-state index contributed by atoms with van der Waals surface area (Å²) in [5.41, 5.74) is 8.20. The summed E-state index contributed by atoms with van der Waals surface area (Å²) in [7, 11) is 0. The van der Waals surface area contributed by atoms with E-state index in [2.05, 4.69) is 0 Å². The molecule has 0 aromatic heterocycles. The van der Waals surface area contributed by atoms with Crippen molar-refractivity contribution in [1.29, 1.82) is 0 Å². The third-order valence-electron chi connectivity index (χ3n) is 8.39. The summed E-state index contributed by atoms with van der Waals surface area (Å²) in [5.74, 6) is -0.942. The van der Waals surface area contributed by atoms with Crippen LogP contribution in [0.3, 0.4) is 0 Å². The average Bonchev–Trinajstić information content (AvgIpc) is 3.01. The summed E-state index contributed by atoms with van der Waals surface area (Å²) in [6, 6.07) is 25.6. The van der Waals surface area contributed by atoms with Gasteiger partial charge in [-0.05, 0) is 88.8 Å². The molecule has 0 saturated heterocycles. The number of aryl methyl sites for hydroxylation is 6. The second kappa shape index (κ2) is 17.0. The zero-order chi connectivity index (χ0) is 35.1. The standard InChI is InChI=1S/C42H44N2O4.Co/c1-25-19-27(3)37(28(4)20-25)41(47)35(31(7)45)23-43-39(33-15-11-9-12-16-33)40(34-17-13-10-14-18-34)44-24-36(32(8)46)42(48)38-29(5)21-26(2)22-30(38)6;/h9-24,39-40,45-46H,1-8H3;/b35-31+,36-32+,43-23?,44-24?;/t39-,40?;/m1./s1. The number of ketones is 2. The number of hydrogen-bond acceptors (Lipinski definition) is 6. The molecule has 0 spiro atoms. The van der Waals surface area contributed by atoms with Gasteiger partial charge in [-0.1, -0.05) is 96.1 Å². The number of hydrogen-bond donors (Lipinski definition) is 2. The fourth-order valence-electron chi connectivity index (χ4n) is 6.29. The van der Waals surface area contributed by atoms with Crippen LogP contribution in [0, 0.1) is 41.5 Å². The summed E-state index contributed by atoms with van der Waals surface area (Å²) >= 11 is 0. The van der Waals surface area contributed by atoms with E-state index in [4.69, 9.17) is 9.98 Å². The van der Waals surface area contributed by atoms with Crippen LogP contribution in [0.4, 0.5) is 0 Å². The van der Waals surface area contributed by atoms with Gasteiger partial charge in [0.25, 0.3) is 0 Å². The molecule has 7 heteroatoms. The zero-order valence-electron chi connectivity index (χ0n) is 29.3. The molecule has 0 aliphatic rings. The predicted molar refractivity (Wildman–Crippen MR) is 196 cm³/mol. The first-order chi connectivity index (χ1) is 22.8. The quantitative estimate of drug-likeness (QED) is 0.0705. The molecule has 0 heterocycles. The van der Waals surface area contributed by atoms with Crippen molar-refractivity contribution in [2.45, 2.75) is 67.5 Å². The SMILES string of the molecule is C/C(O)=C(/C=NC(c1ccccc1)[C@H](N=C/C(C(=O)c1c(C)cc(C)cc1C)=C(/C)O)c1ccccc1)C(=O)c1c(C)cc(C)cc1C.[Co]. The average molecular weight is 700 g/mol. The maximum absolute atomic E-state index is 13.9. The van der Waals surface area contributed by atoms with Crippen LogP contribution < -0.4 is 0 Å². The van der Waals surface area contributed by atoms with Crippen molar-refractivity contribution in [2.75, 3.05) is 0 Å². The van der Waals surface area contributed by atoms with Gasteiger partial charge in [0.05, 0.1) is 11.1 Å². The van der Waals surface area contributed by atoms with Crippen LogP contribution in [0.25, 0.3) is 0 Å². The molecule has 0 aliphatic carbocycles. The molecule has 4 aromatic carbocycles. The summed E-state index contributed by atoms with van der Waals surface area (Å²) in [6.07, 6.45) is 2.86. The third kappa shape index (κ3) is 9.19. The number of aliphatic hydroxyl groups is 2. The van der Waals surface area contributed by atoms with Gasteiger partial charge in [0, 0.05) is 40.3 Å². The minimum Gasteiger partial charge on any atom is -0.512 e. The van der Waals surface area contributed by atoms with E-state index < -0.39 is 12.1 Å². The number of allylic oxidation sites excluding steroid dienone is 4. The maximum Gasteiger partial charge on any atom is 0.198 e. The minimum atomic E-state index is -0.662. The van der Waals surface area contributed by atoms with E-state index in [-0.39, 0.29) is 51.0 Å². The molecule has 6 nitrogen and oxygen atoms in total. The zero-order valence-corrected chi connectivity index (χ0v) is 30.4. The van der Waals surface area contributed by atoms with Crippen LogP contribution in [0.2, 0.25) is 0 Å². The summed E-state index contributed by atoms with van der Waals surface area (Å²) in [5, 5.41) is 21.5. The van der Waals surface area contributed by atoms with E-state index >= 15 is 0 Å². The molecule has 49 heavy (non-hydrogen) atoms. The summed E-state index contributed by atoms with van der Waals surface area (Å²) < 4.78 is 0. The first-order valence-corrected chi connectivity index (χ1v) is 16.0. The van der Waals surface area contributed by atoms with Crippen LogP contribution in [-0.2, 0) is 16.8 Å². The van der Waals surface area contributed by atoms with Crippen molar-refractivity contribution in [3.8, 4) is 0 Å². The van der Waals surface area contributed by atoms with Crippen LogP contribution in [0.1, 0.15) is 91.2 Å². The maximum atomic E-state index is 13.9. The summed E-state index contributed by atoms with van der Waals surface area (Å²) in [6.45, 7) is 14.5. The predicted octanol–water partition coefficient (Wildman–Crippen LogP) is 9.89. The second-order valence-corrected chi connectivity index (χ2v) is 12.5. The number of aliphatic imine (C=N–C) groups is 2. The fourth-order valence-corrected chi connectivity index (χ4v) is 6.29. The Morgan fingerprint density at radius 3 is 1.10 bits per heavy atom. The minimum absolute atomic E-state index is 0. The molecule has 1 radical (unpaired) electrons. The van der Waals surface area contributed by atoms with Gasteiger partial charge < -0.3 is 10.2 Å². The molecule has 4 aromatic rings. The molecule has 2 atom stereocenters. The molecular weight excluding hydrogens is 655 g/mol. The normalized spacial score (nSPS) is 13.8. The Balaban J connectivity index is 0.00000650. The first kappa shape index (κ1) is 38.6. The smallest absolute Gasteiger partial charge is 0.198 e. The Bertz CT molecular complexity index is 1760. The van der Waals surface area contributed by atoms with Gasteiger partial charge in [-0.3, -0.25) is 19.6 Å². The van der Waals surface area contributed by atoms with Gasteiger partial charge in [0.15, 0.2) is 11.6 Å². The third-order valence-corrected chi connectivity index (χ3v) is 8.39. The van der Waals surface area contributed by atoms with Crippen LogP contribution >= 0.6 is 0 Å². The Morgan fingerprint density at radius 1 is 0.551 bits per heavy atom. The van der Waals surface area contributed by atoms with Gasteiger partial charge in [-0.15, -0.1) is 0 Å². The molecular formula is C42H44CoN2O4. The van der Waals surface area contributed by atoms with Gasteiger partial charge >= 0.3 is 0 Å². The topological polar surface area (TPSA) is 99.3 Å². The molecule has 255 valence electrons. The number of carbonyl (C=O) groups excluding carboxylic acids is 2. The summed E-state index contributed by atoms with van der Waals surface area (Å²) in [4.78, 5) is 37.7. The van der Waals surface area contributed by atoms with Crippen molar-refractivity contribution >= 4 is 24.0 Å². The molecule has 0 fully saturated rings. The Hall–Kier alpha value is -4.85. The number of nitrogens with zero attached hydrogens (tertiary/aromatic N) is 2. The van der Waals surface area contributed by atoms with Crippen molar-refractivity contribution < 1.29 is 36.6 Å². The van der Waals surface area contributed by atoms with Crippen molar-refractivity contribution in [3.05, 3.63) is 163 Å². The van der Waals surface area contributed by atoms with Crippen LogP contribution in [0.5, 0.6) is 0 Å². The van der Waals surface area contributed by atoms with E-state index in [1.54, 1.807) is 0 Å². The van der Waals surface area contributed by atoms with E-state index in [1.165, 1.54) is 26.3 Å².